The van der Waals surface area contributed by atoms with Crippen LogP contribution < -0.4 is 5.32 Å². The van der Waals surface area contributed by atoms with Crippen LogP contribution in [0.4, 0.5) is 0 Å². The lowest BCUT2D eigenvalue weighted by molar-refractivity contribution is 0.578. The molecule has 0 fully saturated rings. The van der Waals surface area contributed by atoms with Crippen molar-refractivity contribution in [1.82, 2.24) is 15.1 Å². The van der Waals surface area contributed by atoms with E-state index in [2.05, 4.69) is 30.2 Å². The van der Waals surface area contributed by atoms with Crippen molar-refractivity contribution < 1.29 is 0 Å². The predicted molar refractivity (Wildman–Crippen MR) is 62.5 cm³/mol. The predicted octanol–water partition coefficient (Wildman–Crippen LogP) is 1.71. The van der Waals surface area contributed by atoms with Gasteiger partial charge in [-0.15, -0.1) is 12.3 Å². The van der Waals surface area contributed by atoms with Gasteiger partial charge in [0.2, 0.25) is 0 Å². The average Bonchev–Trinajstić information content (AvgIpc) is 2.41. The molecule has 3 heteroatoms. The zero-order chi connectivity index (χ0) is 11.4. The van der Waals surface area contributed by atoms with Gasteiger partial charge >= 0.3 is 0 Å². The highest BCUT2D eigenvalue weighted by molar-refractivity contribution is 5.27. The van der Waals surface area contributed by atoms with Gasteiger partial charge in [-0.1, -0.05) is 0 Å². The minimum absolute atomic E-state index is 0.312. The number of nitrogens with zero attached hydrogens (tertiary/aromatic N) is 2. The minimum Gasteiger partial charge on any atom is -0.309 e. The molecule has 15 heavy (non-hydrogen) atoms. The Morgan fingerprint density at radius 1 is 1.53 bits per heavy atom. The summed E-state index contributed by atoms with van der Waals surface area (Å²) in [5, 5.41) is 7.80. The van der Waals surface area contributed by atoms with Crippen LogP contribution in [0.1, 0.15) is 36.3 Å². The highest BCUT2D eigenvalue weighted by Crippen LogP contribution is 2.20. The van der Waals surface area contributed by atoms with Gasteiger partial charge in [-0.05, 0) is 20.8 Å². The van der Waals surface area contributed by atoms with Crippen molar-refractivity contribution in [3.05, 3.63) is 17.0 Å². The molecule has 1 N–H and O–H groups in total. The summed E-state index contributed by atoms with van der Waals surface area (Å²) in [6.45, 7) is 7.13. The van der Waals surface area contributed by atoms with Gasteiger partial charge in [0, 0.05) is 37.3 Å². The third-order valence-corrected chi connectivity index (χ3v) is 2.72. The molecule has 82 valence electrons. The van der Waals surface area contributed by atoms with E-state index < -0.39 is 0 Å². The molecular weight excluding hydrogens is 186 g/mol. The first-order chi connectivity index (χ1) is 7.07. The van der Waals surface area contributed by atoms with Crippen molar-refractivity contribution >= 4 is 0 Å². The molecule has 1 aromatic heterocycles. The van der Waals surface area contributed by atoms with Crippen LogP contribution in [0.25, 0.3) is 0 Å². The van der Waals surface area contributed by atoms with Crippen molar-refractivity contribution in [2.24, 2.45) is 7.05 Å². The number of hydrogen-bond donors (Lipinski definition) is 1. The standard InChI is InChI=1S/C12H19N3/c1-6-7-8-13-9(2)12-10(3)14-15(5)11(12)4/h1,9,13H,7-8H2,2-5H3. The molecule has 0 amide bonds. The highest BCUT2D eigenvalue weighted by Gasteiger charge is 2.14. The number of aromatic nitrogens is 2. The SMILES string of the molecule is C#CCCNC(C)c1c(C)nn(C)c1C. The molecule has 0 radical (unpaired) electrons. The van der Waals surface area contributed by atoms with Crippen LogP contribution in [0.3, 0.4) is 0 Å². The van der Waals surface area contributed by atoms with Crippen LogP contribution in [-0.2, 0) is 7.05 Å². The fraction of sp³-hybridized carbons (Fsp3) is 0.583. The Morgan fingerprint density at radius 2 is 2.20 bits per heavy atom. The summed E-state index contributed by atoms with van der Waals surface area (Å²) in [7, 11) is 1.97. The summed E-state index contributed by atoms with van der Waals surface area (Å²) < 4.78 is 1.92. The zero-order valence-electron chi connectivity index (χ0n) is 9.96. The fourth-order valence-electron chi connectivity index (χ4n) is 1.88. The largest absolute Gasteiger partial charge is 0.309 e. The van der Waals surface area contributed by atoms with Crippen LogP contribution in [0.15, 0.2) is 0 Å². The number of hydrogen-bond acceptors (Lipinski definition) is 2. The van der Waals surface area contributed by atoms with Gasteiger partial charge in [-0.2, -0.15) is 5.10 Å². The molecule has 3 nitrogen and oxygen atoms in total. The quantitative estimate of drug-likeness (QED) is 0.599. The van der Waals surface area contributed by atoms with E-state index >= 15 is 0 Å². The Hall–Kier alpha value is -1.27. The lowest BCUT2D eigenvalue weighted by Gasteiger charge is -2.13. The molecule has 1 unspecified atom stereocenters. The maximum atomic E-state index is 5.21. The van der Waals surface area contributed by atoms with Crippen LogP contribution in [0.5, 0.6) is 0 Å². The van der Waals surface area contributed by atoms with Gasteiger partial charge in [0.25, 0.3) is 0 Å². The lowest BCUT2D eigenvalue weighted by atomic mass is 10.1. The Balaban J connectivity index is 2.73. The second kappa shape index (κ2) is 4.99. The Bertz CT molecular complexity index is 371. The Morgan fingerprint density at radius 3 is 2.67 bits per heavy atom. The third kappa shape index (κ3) is 2.60. The van der Waals surface area contributed by atoms with Crippen molar-refractivity contribution in [3.8, 4) is 12.3 Å². The Labute approximate surface area is 91.9 Å². The molecule has 0 saturated heterocycles. The van der Waals surface area contributed by atoms with E-state index in [9.17, 15) is 0 Å². The first-order valence-corrected chi connectivity index (χ1v) is 5.24. The van der Waals surface area contributed by atoms with Gasteiger partial charge in [0.1, 0.15) is 0 Å². The van der Waals surface area contributed by atoms with E-state index in [0.29, 0.717) is 6.04 Å². The molecule has 0 aromatic carbocycles. The smallest absolute Gasteiger partial charge is 0.0644 e. The van der Waals surface area contributed by atoms with Gasteiger partial charge in [0.15, 0.2) is 0 Å². The first-order valence-electron chi connectivity index (χ1n) is 5.24. The number of nitrogens with one attached hydrogen (secondary N) is 1. The summed E-state index contributed by atoms with van der Waals surface area (Å²) in [4.78, 5) is 0. The average molecular weight is 205 g/mol. The topological polar surface area (TPSA) is 29.9 Å². The van der Waals surface area contributed by atoms with Crippen LogP contribution >= 0.6 is 0 Å². The van der Waals surface area contributed by atoms with Crippen LogP contribution in [0, 0.1) is 26.2 Å². The molecule has 0 bridgehead atoms. The van der Waals surface area contributed by atoms with Crippen molar-refractivity contribution in [2.45, 2.75) is 33.2 Å². The summed E-state index contributed by atoms with van der Waals surface area (Å²) in [5.41, 5.74) is 3.60. The molecule has 1 atom stereocenters. The summed E-state index contributed by atoms with van der Waals surface area (Å²) in [6, 6.07) is 0.312. The molecule has 0 aliphatic rings. The molecule has 0 aliphatic carbocycles. The minimum atomic E-state index is 0.312. The number of terminal acetylenes is 1. The zero-order valence-corrected chi connectivity index (χ0v) is 9.96. The highest BCUT2D eigenvalue weighted by atomic mass is 15.3. The normalized spacial score (nSPS) is 12.5. The third-order valence-electron chi connectivity index (χ3n) is 2.72. The molecule has 1 heterocycles. The maximum Gasteiger partial charge on any atom is 0.0644 e. The fourth-order valence-corrected chi connectivity index (χ4v) is 1.88. The summed E-state index contributed by atoms with van der Waals surface area (Å²) in [5.74, 6) is 2.63. The second-order valence-electron chi connectivity index (χ2n) is 3.84. The lowest BCUT2D eigenvalue weighted by Crippen LogP contribution is -2.20. The van der Waals surface area contributed by atoms with Crippen LogP contribution in [-0.4, -0.2) is 16.3 Å². The number of aryl methyl sites for hydroxylation is 2. The van der Waals surface area contributed by atoms with Crippen molar-refractivity contribution in [3.63, 3.8) is 0 Å². The Kier molecular flexibility index (Phi) is 3.93. The van der Waals surface area contributed by atoms with Gasteiger partial charge in [0.05, 0.1) is 5.69 Å². The van der Waals surface area contributed by atoms with Crippen molar-refractivity contribution in [2.75, 3.05) is 6.54 Å². The molecular formula is C12H19N3. The van der Waals surface area contributed by atoms with Crippen molar-refractivity contribution in [1.29, 1.82) is 0 Å². The van der Waals surface area contributed by atoms with E-state index in [1.54, 1.807) is 0 Å². The first kappa shape index (κ1) is 11.8. The van der Waals surface area contributed by atoms with E-state index in [0.717, 1.165) is 18.7 Å². The molecule has 0 spiro atoms. The van der Waals surface area contributed by atoms with Gasteiger partial charge < -0.3 is 5.32 Å². The van der Waals surface area contributed by atoms with E-state index in [1.807, 2.05) is 18.7 Å². The molecule has 1 aromatic rings. The van der Waals surface area contributed by atoms with E-state index in [-0.39, 0.29) is 0 Å². The monoisotopic (exact) mass is 205 g/mol. The molecule has 0 saturated carbocycles. The van der Waals surface area contributed by atoms with Gasteiger partial charge in [-0.25, -0.2) is 0 Å². The van der Waals surface area contributed by atoms with Crippen LogP contribution in [0.2, 0.25) is 0 Å². The maximum absolute atomic E-state index is 5.21. The van der Waals surface area contributed by atoms with E-state index in [4.69, 9.17) is 6.42 Å². The van der Waals surface area contributed by atoms with Gasteiger partial charge in [-0.3, -0.25) is 4.68 Å². The number of rotatable bonds is 4. The van der Waals surface area contributed by atoms with E-state index in [1.165, 1.54) is 11.3 Å². The molecule has 0 aliphatic heterocycles. The molecule has 1 rings (SSSR count). The second-order valence-corrected chi connectivity index (χ2v) is 3.84. The summed E-state index contributed by atoms with van der Waals surface area (Å²) in [6.07, 6.45) is 5.98. The summed E-state index contributed by atoms with van der Waals surface area (Å²) >= 11 is 0.